The summed E-state index contributed by atoms with van der Waals surface area (Å²) in [5.41, 5.74) is 0.589. The molecule has 2 aliphatic heterocycles. The number of nitrogens with one attached hydrogen (secondary N) is 1. The molecule has 1 aromatic rings. The summed E-state index contributed by atoms with van der Waals surface area (Å²) in [7, 11) is 1.62. The summed E-state index contributed by atoms with van der Waals surface area (Å²) in [5, 5.41) is 2.93. The van der Waals surface area contributed by atoms with Crippen LogP contribution in [0.3, 0.4) is 0 Å². The molecule has 0 unspecified atom stereocenters. The number of piperidine rings is 1. The fourth-order valence-electron chi connectivity index (χ4n) is 3.63. The van der Waals surface area contributed by atoms with Crippen LogP contribution >= 0.6 is 0 Å². The lowest BCUT2D eigenvalue weighted by atomic mass is 9.87. The number of nitrogens with zero attached hydrogens (tertiary/aromatic N) is 2. The molecule has 2 amide bonds. The van der Waals surface area contributed by atoms with Gasteiger partial charge in [0.1, 0.15) is 12.3 Å². The molecule has 7 nitrogen and oxygen atoms in total. The minimum absolute atomic E-state index is 0.0994. The number of likely N-dealkylation sites (tertiary alicyclic amines) is 1. The van der Waals surface area contributed by atoms with Crippen molar-refractivity contribution < 1.29 is 19.0 Å². The molecule has 1 N–H and O–H groups in total. The lowest BCUT2D eigenvalue weighted by Gasteiger charge is -2.37. The van der Waals surface area contributed by atoms with E-state index < -0.39 is 0 Å². The molecule has 0 bridgehead atoms. The molecular weight excluding hydrogens is 334 g/mol. The van der Waals surface area contributed by atoms with Gasteiger partial charge in [-0.1, -0.05) is 0 Å². The summed E-state index contributed by atoms with van der Waals surface area (Å²) >= 11 is 0. The maximum absolute atomic E-state index is 12.6. The lowest BCUT2D eigenvalue weighted by Crippen LogP contribution is -2.44. The third-order valence-corrected chi connectivity index (χ3v) is 5.11. The van der Waals surface area contributed by atoms with Crippen molar-refractivity contribution in [2.45, 2.75) is 38.2 Å². The summed E-state index contributed by atoms with van der Waals surface area (Å²) in [6, 6.07) is 3.48. The minimum Gasteiger partial charge on any atom is -0.474 e. The largest absolute Gasteiger partial charge is 0.474 e. The van der Waals surface area contributed by atoms with Crippen LogP contribution < -0.4 is 10.1 Å². The number of hydrogen-bond acceptors (Lipinski definition) is 5. The van der Waals surface area contributed by atoms with Gasteiger partial charge < -0.3 is 24.4 Å². The number of ether oxygens (including phenoxy) is 3. The van der Waals surface area contributed by atoms with Crippen molar-refractivity contribution in [1.29, 1.82) is 0 Å². The molecule has 1 aromatic heterocycles. The van der Waals surface area contributed by atoms with Crippen LogP contribution in [0.5, 0.6) is 5.88 Å². The van der Waals surface area contributed by atoms with E-state index in [4.69, 9.17) is 14.2 Å². The number of carbonyl (C=O) groups is 1. The molecule has 2 aliphatic rings. The van der Waals surface area contributed by atoms with Crippen molar-refractivity contribution in [3.63, 3.8) is 0 Å². The number of hydrogen-bond donors (Lipinski definition) is 1. The van der Waals surface area contributed by atoms with Crippen LogP contribution in [-0.2, 0) is 9.47 Å². The predicted molar refractivity (Wildman–Crippen MR) is 98.5 cm³/mol. The molecule has 1 atom stereocenters. The highest BCUT2D eigenvalue weighted by Crippen LogP contribution is 2.29. The molecule has 7 heteroatoms. The van der Waals surface area contributed by atoms with E-state index in [0.29, 0.717) is 36.8 Å². The predicted octanol–water partition coefficient (Wildman–Crippen LogP) is 2.92. The van der Waals surface area contributed by atoms with E-state index in [-0.39, 0.29) is 6.03 Å². The number of amides is 2. The zero-order chi connectivity index (χ0) is 18.2. The van der Waals surface area contributed by atoms with Crippen LogP contribution in [0.25, 0.3) is 0 Å². The Morgan fingerprint density at radius 3 is 2.88 bits per heavy atom. The van der Waals surface area contributed by atoms with Gasteiger partial charge in [0.2, 0.25) is 5.88 Å². The van der Waals surface area contributed by atoms with Gasteiger partial charge in [-0.05, 0) is 50.2 Å². The Bertz CT molecular complexity index is 570. The Labute approximate surface area is 155 Å². The van der Waals surface area contributed by atoms with E-state index in [1.54, 1.807) is 25.4 Å². The molecule has 26 heavy (non-hydrogen) atoms. The number of carbonyl (C=O) groups excluding carboxylic acids is 1. The van der Waals surface area contributed by atoms with Crippen molar-refractivity contribution in [1.82, 2.24) is 9.88 Å². The summed E-state index contributed by atoms with van der Waals surface area (Å²) in [6.07, 6.45) is 7.64. The van der Waals surface area contributed by atoms with Crippen molar-refractivity contribution >= 4 is 11.7 Å². The molecule has 0 aromatic carbocycles. The standard InChI is InChI=1S/C19H29N3O4/c1-24-13-14-26-18-16(5-4-9-20-18)21-19(23)22-10-7-15(8-11-22)17-6-2-3-12-25-17/h4-5,9,15,17H,2-3,6-8,10-14H2,1H3,(H,21,23)/t17-/m0/s1. The van der Waals surface area contributed by atoms with E-state index in [9.17, 15) is 4.79 Å². The third-order valence-electron chi connectivity index (χ3n) is 5.11. The zero-order valence-electron chi connectivity index (χ0n) is 15.5. The number of pyridine rings is 1. The van der Waals surface area contributed by atoms with Crippen molar-refractivity contribution in [2.24, 2.45) is 5.92 Å². The summed E-state index contributed by atoms with van der Waals surface area (Å²) in [5.74, 6) is 0.995. The first kappa shape index (κ1) is 18.9. The molecule has 0 radical (unpaired) electrons. The van der Waals surface area contributed by atoms with Gasteiger partial charge in [0, 0.05) is 33.0 Å². The SMILES string of the molecule is COCCOc1ncccc1NC(=O)N1CCC([C@@H]2CCCCO2)CC1. The van der Waals surface area contributed by atoms with Crippen LogP contribution in [0.1, 0.15) is 32.1 Å². The number of anilines is 1. The second-order valence-electron chi connectivity index (χ2n) is 6.86. The molecule has 2 fully saturated rings. The normalized spacial score (nSPS) is 21.4. The minimum atomic E-state index is -0.0994. The van der Waals surface area contributed by atoms with Crippen LogP contribution in [0.15, 0.2) is 18.3 Å². The van der Waals surface area contributed by atoms with Crippen LogP contribution in [0.2, 0.25) is 0 Å². The fourth-order valence-corrected chi connectivity index (χ4v) is 3.63. The van der Waals surface area contributed by atoms with Gasteiger partial charge >= 0.3 is 6.03 Å². The molecule has 2 saturated heterocycles. The van der Waals surface area contributed by atoms with Crippen molar-refractivity contribution in [3.05, 3.63) is 18.3 Å². The van der Waals surface area contributed by atoms with Crippen molar-refractivity contribution in [2.75, 3.05) is 45.3 Å². The lowest BCUT2D eigenvalue weighted by molar-refractivity contribution is -0.0345. The Morgan fingerprint density at radius 2 is 2.15 bits per heavy atom. The molecule has 0 aliphatic carbocycles. The summed E-state index contributed by atoms with van der Waals surface area (Å²) < 4.78 is 16.5. The first-order valence-electron chi connectivity index (χ1n) is 9.52. The van der Waals surface area contributed by atoms with Gasteiger partial charge in [0.15, 0.2) is 0 Å². The van der Waals surface area contributed by atoms with E-state index in [1.807, 2.05) is 4.90 Å². The van der Waals surface area contributed by atoms with Gasteiger partial charge in [0.25, 0.3) is 0 Å². The van der Waals surface area contributed by atoms with Gasteiger partial charge in [-0.2, -0.15) is 0 Å². The maximum Gasteiger partial charge on any atom is 0.321 e. The molecule has 0 saturated carbocycles. The first-order valence-corrected chi connectivity index (χ1v) is 9.52. The highest BCUT2D eigenvalue weighted by Gasteiger charge is 2.30. The van der Waals surface area contributed by atoms with Crippen LogP contribution in [-0.4, -0.2) is 62.0 Å². The number of methoxy groups -OCH3 is 1. The highest BCUT2D eigenvalue weighted by atomic mass is 16.5. The van der Waals surface area contributed by atoms with Gasteiger partial charge in [-0.25, -0.2) is 9.78 Å². The summed E-state index contributed by atoms with van der Waals surface area (Å²) in [6.45, 7) is 3.27. The smallest absolute Gasteiger partial charge is 0.321 e. The average molecular weight is 363 g/mol. The molecule has 3 rings (SSSR count). The highest BCUT2D eigenvalue weighted by molar-refractivity contribution is 5.90. The summed E-state index contributed by atoms with van der Waals surface area (Å²) in [4.78, 5) is 18.7. The van der Waals surface area contributed by atoms with Gasteiger partial charge in [0.05, 0.1) is 12.7 Å². The Kier molecular flexibility index (Phi) is 7.08. The van der Waals surface area contributed by atoms with Crippen LogP contribution in [0, 0.1) is 5.92 Å². The first-order chi connectivity index (χ1) is 12.8. The molecule has 0 spiro atoms. The van der Waals surface area contributed by atoms with Gasteiger partial charge in [-0.3, -0.25) is 0 Å². The third kappa shape index (κ3) is 5.08. The number of rotatable bonds is 6. The van der Waals surface area contributed by atoms with Crippen molar-refractivity contribution in [3.8, 4) is 5.88 Å². The van der Waals surface area contributed by atoms with E-state index in [0.717, 1.165) is 39.0 Å². The van der Waals surface area contributed by atoms with Gasteiger partial charge in [-0.15, -0.1) is 0 Å². The zero-order valence-corrected chi connectivity index (χ0v) is 15.5. The monoisotopic (exact) mass is 363 g/mol. The Morgan fingerprint density at radius 1 is 1.31 bits per heavy atom. The van der Waals surface area contributed by atoms with E-state index in [2.05, 4.69) is 10.3 Å². The molecule has 144 valence electrons. The van der Waals surface area contributed by atoms with Crippen LogP contribution in [0.4, 0.5) is 10.5 Å². The quantitative estimate of drug-likeness (QED) is 0.787. The van der Waals surface area contributed by atoms with E-state index >= 15 is 0 Å². The van der Waals surface area contributed by atoms with E-state index in [1.165, 1.54) is 12.8 Å². The number of urea groups is 1. The number of aromatic nitrogens is 1. The topological polar surface area (TPSA) is 72.9 Å². The fraction of sp³-hybridized carbons (Fsp3) is 0.684. The Balaban J connectivity index is 1.50. The average Bonchev–Trinajstić information content (AvgIpc) is 2.70. The Hall–Kier alpha value is -1.86. The second kappa shape index (κ2) is 9.73. The second-order valence-corrected chi connectivity index (χ2v) is 6.86. The maximum atomic E-state index is 12.6. The molecule has 3 heterocycles. The molecular formula is C19H29N3O4.